The SMILES string of the molecule is CCS(=O)CCNC(=O)c1n[nH]c(C(C)C)c1N. The molecule has 1 heterocycles. The summed E-state index contributed by atoms with van der Waals surface area (Å²) in [6.07, 6.45) is 0. The maximum absolute atomic E-state index is 11.8. The number of hydrogen-bond acceptors (Lipinski definition) is 4. The average Bonchev–Trinajstić information content (AvgIpc) is 2.70. The maximum atomic E-state index is 11.8. The molecule has 1 unspecified atom stereocenters. The number of nitrogens with two attached hydrogens (primary N) is 1. The molecule has 18 heavy (non-hydrogen) atoms. The third kappa shape index (κ3) is 3.56. The van der Waals surface area contributed by atoms with E-state index in [1.54, 1.807) is 0 Å². The van der Waals surface area contributed by atoms with E-state index in [2.05, 4.69) is 15.5 Å². The smallest absolute Gasteiger partial charge is 0.273 e. The molecule has 4 N–H and O–H groups in total. The van der Waals surface area contributed by atoms with E-state index in [4.69, 9.17) is 5.73 Å². The van der Waals surface area contributed by atoms with Gasteiger partial charge in [-0.25, -0.2) is 0 Å². The summed E-state index contributed by atoms with van der Waals surface area (Å²) in [6.45, 7) is 6.15. The summed E-state index contributed by atoms with van der Waals surface area (Å²) in [4.78, 5) is 11.8. The zero-order chi connectivity index (χ0) is 13.7. The van der Waals surface area contributed by atoms with Crippen molar-refractivity contribution in [2.24, 2.45) is 0 Å². The predicted octanol–water partition coefficient (Wildman–Crippen LogP) is 0.614. The monoisotopic (exact) mass is 272 g/mol. The van der Waals surface area contributed by atoms with Crippen molar-refractivity contribution in [3.8, 4) is 0 Å². The molecule has 0 radical (unpaired) electrons. The fourth-order valence-corrected chi connectivity index (χ4v) is 2.10. The van der Waals surface area contributed by atoms with E-state index in [0.717, 1.165) is 5.69 Å². The van der Waals surface area contributed by atoms with E-state index in [0.29, 0.717) is 23.7 Å². The molecular weight excluding hydrogens is 252 g/mol. The Hall–Kier alpha value is -1.37. The summed E-state index contributed by atoms with van der Waals surface area (Å²) in [7, 11) is -0.881. The number of H-pyrrole nitrogens is 1. The van der Waals surface area contributed by atoms with Crippen LogP contribution in [0.2, 0.25) is 0 Å². The fraction of sp³-hybridized carbons (Fsp3) is 0.636. The van der Waals surface area contributed by atoms with Crippen LogP contribution in [0.3, 0.4) is 0 Å². The van der Waals surface area contributed by atoms with Crippen LogP contribution in [0, 0.1) is 0 Å². The van der Waals surface area contributed by atoms with Gasteiger partial charge in [0.15, 0.2) is 5.69 Å². The van der Waals surface area contributed by atoms with E-state index >= 15 is 0 Å². The Morgan fingerprint density at radius 3 is 2.72 bits per heavy atom. The Bertz CT molecular complexity index is 442. The van der Waals surface area contributed by atoms with Crippen molar-refractivity contribution >= 4 is 22.4 Å². The first-order valence-electron chi connectivity index (χ1n) is 5.94. The normalized spacial score (nSPS) is 12.7. The molecule has 7 heteroatoms. The molecule has 0 fully saturated rings. The highest BCUT2D eigenvalue weighted by Crippen LogP contribution is 2.21. The van der Waals surface area contributed by atoms with Gasteiger partial charge in [-0.3, -0.25) is 14.1 Å². The Balaban J connectivity index is 2.60. The molecular formula is C11H20N4O2S. The first-order chi connectivity index (χ1) is 8.47. The van der Waals surface area contributed by atoms with Gasteiger partial charge in [0.2, 0.25) is 0 Å². The Labute approximate surface area is 109 Å². The second-order valence-electron chi connectivity index (χ2n) is 4.24. The van der Waals surface area contributed by atoms with E-state index < -0.39 is 10.8 Å². The van der Waals surface area contributed by atoms with Crippen LogP contribution in [-0.2, 0) is 10.8 Å². The fourth-order valence-electron chi connectivity index (χ4n) is 1.48. The first-order valence-corrected chi connectivity index (χ1v) is 7.43. The first kappa shape index (κ1) is 14.7. The molecule has 0 bridgehead atoms. The van der Waals surface area contributed by atoms with Crippen LogP contribution in [0.15, 0.2) is 0 Å². The van der Waals surface area contributed by atoms with Gasteiger partial charge in [0.05, 0.1) is 11.4 Å². The standard InChI is InChI=1S/C11H20N4O2S/c1-4-18(17)6-5-13-11(16)10-8(12)9(7(2)3)14-15-10/h7H,4-6,12H2,1-3H3,(H,13,16)(H,14,15). The number of carbonyl (C=O) groups is 1. The molecule has 1 atom stereocenters. The number of nitrogens with one attached hydrogen (secondary N) is 2. The number of anilines is 1. The number of aromatic amines is 1. The molecule has 0 aliphatic carbocycles. The largest absolute Gasteiger partial charge is 0.395 e. The van der Waals surface area contributed by atoms with Gasteiger partial charge in [0.25, 0.3) is 5.91 Å². The summed E-state index contributed by atoms with van der Waals surface area (Å²) in [6, 6.07) is 0. The molecule has 1 aromatic rings. The lowest BCUT2D eigenvalue weighted by Crippen LogP contribution is -2.28. The second-order valence-corrected chi connectivity index (χ2v) is 6.11. The number of amides is 1. The van der Waals surface area contributed by atoms with Crippen LogP contribution in [0.25, 0.3) is 0 Å². The van der Waals surface area contributed by atoms with Crippen molar-refractivity contribution in [2.75, 3.05) is 23.8 Å². The predicted molar refractivity (Wildman–Crippen MR) is 73.0 cm³/mol. The Kier molecular flexibility index (Phi) is 5.33. The molecule has 1 rings (SSSR count). The van der Waals surface area contributed by atoms with Crippen molar-refractivity contribution in [1.82, 2.24) is 15.5 Å². The third-order valence-electron chi connectivity index (χ3n) is 2.56. The van der Waals surface area contributed by atoms with Crippen molar-refractivity contribution < 1.29 is 9.00 Å². The summed E-state index contributed by atoms with van der Waals surface area (Å²) in [5.74, 6) is 0.900. The number of nitrogens with zero attached hydrogens (tertiary/aromatic N) is 1. The molecule has 1 aromatic heterocycles. The van der Waals surface area contributed by atoms with Gasteiger partial charge >= 0.3 is 0 Å². The van der Waals surface area contributed by atoms with Crippen molar-refractivity contribution in [3.05, 3.63) is 11.4 Å². The zero-order valence-corrected chi connectivity index (χ0v) is 11.8. The number of nitrogen functional groups attached to an aromatic ring is 1. The minimum Gasteiger partial charge on any atom is -0.395 e. The molecule has 0 aliphatic rings. The maximum Gasteiger partial charge on any atom is 0.273 e. The lowest BCUT2D eigenvalue weighted by atomic mass is 10.1. The van der Waals surface area contributed by atoms with Gasteiger partial charge in [0.1, 0.15) is 0 Å². The topological polar surface area (TPSA) is 101 Å². The van der Waals surface area contributed by atoms with Crippen LogP contribution in [0.4, 0.5) is 5.69 Å². The van der Waals surface area contributed by atoms with E-state index in [1.165, 1.54) is 0 Å². The minimum atomic E-state index is -0.881. The number of aromatic nitrogens is 2. The van der Waals surface area contributed by atoms with E-state index in [1.807, 2.05) is 20.8 Å². The van der Waals surface area contributed by atoms with Crippen LogP contribution in [0.1, 0.15) is 42.9 Å². The zero-order valence-electron chi connectivity index (χ0n) is 10.9. The van der Waals surface area contributed by atoms with Crippen LogP contribution in [-0.4, -0.2) is 38.4 Å². The summed E-state index contributed by atoms with van der Waals surface area (Å²) in [5.41, 5.74) is 7.21. The van der Waals surface area contributed by atoms with Crippen molar-refractivity contribution in [1.29, 1.82) is 0 Å². The molecule has 6 nitrogen and oxygen atoms in total. The van der Waals surface area contributed by atoms with Gasteiger partial charge in [-0.15, -0.1) is 0 Å². The van der Waals surface area contributed by atoms with Crippen molar-refractivity contribution in [3.63, 3.8) is 0 Å². The van der Waals surface area contributed by atoms with E-state index in [-0.39, 0.29) is 17.5 Å². The molecule has 0 aliphatic heterocycles. The van der Waals surface area contributed by atoms with Crippen molar-refractivity contribution in [2.45, 2.75) is 26.7 Å². The lowest BCUT2D eigenvalue weighted by molar-refractivity contribution is 0.0952. The number of carbonyl (C=O) groups excluding carboxylic acids is 1. The lowest BCUT2D eigenvalue weighted by Gasteiger charge is -2.04. The Morgan fingerprint density at radius 2 is 2.22 bits per heavy atom. The highest BCUT2D eigenvalue weighted by molar-refractivity contribution is 7.84. The summed E-state index contributed by atoms with van der Waals surface area (Å²) < 4.78 is 11.2. The molecule has 0 saturated carbocycles. The van der Waals surface area contributed by atoms with Gasteiger partial charge in [-0.1, -0.05) is 20.8 Å². The van der Waals surface area contributed by atoms with Gasteiger partial charge in [-0.2, -0.15) is 5.10 Å². The molecule has 0 aromatic carbocycles. The highest BCUT2D eigenvalue weighted by atomic mass is 32.2. The number of hydrogen-bond donors (Lipinski definition) is 3. The Morgan fingerprint density at radius 1 is 1.56 bits per heavy atom. The quantitative estimate of drug-likeness (QED) is 0.706. The minimum absolute atomic E-state index is 0.187. The van der Waals surface area contributed by atoms with Gasteiger partial charge < -0.3 is 11.1 Å². The summed E-state index contributed by atoms with van der Waals surface area (Å²) in [5, 5.41) is 9.35. The third-order valence-corrected chi connectivity index (χ3v) is 3.87. The van der Waals surface area contributed by atoms with Gasteiger partial charge in [0, 0.05) is 28.9 Å². The molecule has 102 valence electrons. The average molecular weight is 272 g/mol. The summed E-state index contributed by atoms with van der Waals surface area (Å²) >= 11 is 0. The van der Waals surface area contributed by atoms with E-state index in [9.17, 15) is 9.00 Å². The van der Waals surface area contributed by atoms with Gasteiger partial charge in [-0.05, 0) is 5.92 Å². The second kappa shape index (κ2) is 6.53. The van der Waals surface area contributed by atoms with Crippen LogP contribution in [0.5, 0.6) is 0 Å². The molecule has 0 spiro atoms. The van der Waals surface area contributed by atoms with Crippen LogP contribution < -0.4 is 11.1 Å². The number of rotatable bonds is 6. The highest BCUT2D eigenvalue weighted by Gasteiger charge is 2.18. The molecule has 0 saturated heterocycles. The molecule has 1 amide bonds. The van der Waals surface area contributed by atoms with Crippen LogP contribution >= 0.6 is 0 Å².